The number of allylic oxidation sites excluding steroid dienone is 1. The molecule has 0 spiro atoms. The summed E-state index contributed by atoms with van der Waals surface area (Å²) in [5.74, 6) is 0.834. The molecule has 0 saturated carbocycles. The van der Waals surface area contributed by atoms with Crippen molar-refractivity contribution in [3.8, 4) is 0 Å². The molecule has 0 amide bonds. The molecule has 0 heterocycles. The van der Waals surface area contributed by atoms with Crippen molar-refractivity contribution < 1.29 is 0 Å². The van der Waals surface area contributed by atoms with Gasteiger partial charge in [-0.1, -0.05) is 45.3 Å². The Morgan fingerprint density at radius 1 is 1.27 bits per heavy atom. The van der Waals surface area contributed by atoms with Crippen molar-refractivity contribution in [1.82, 2.24) is 5.32 Å². The Balaban J connectivity index is 2.58. The average Bonchev–Trinajstić information content (AvgIpc) is 2.77. The van der Waals surface area contributed by atoms with Gasteiger partial charge >= 0.3 is 0 Å². The van der Waals surface area contributed by atoms with Gasteiger partial charge in [0.05, 0.1) is 0 Å². The van der Waals surface area contributed by atoms with Crippen molar-refractivity contribution in [1.29, 1.82) is 0 Å². The normalized spacial score (nSPS) is 18.3. The van der Waals surface area contributed by atoms with Crippen LogP contribution in [0.3, 0.4) is 0 Å². The van der Waals surface area contributed by atoms with Crippen LogP contribution in [0.4, 0.5) is 0 Å². The van der Waals surface area contributed by atoms with Gasteiger partial charge in [0.2, 0.25) is 0 Å². The molecule has 1 atom stereocenters. The molecule has 0 fully saturated rings. The van der Waals surface area contributed by atoms with Crippen LogP contribution in [0.25, 0.3) is 0 Å². The lowest BCUT2D eigenvalue weighted by Crippen LogP contribution is -2.37. The van der Waals surface area contributed by atoms with Gasteiger partial charge in [0, 0.05) is 6.04 Å². The Labute approximate surface area is 95.3 Å². The number of nitrogens with one attached hydrogen (secondary N) is 1. The standard InChI is InChI=1S/C14H27N/c1-4-11-15-14(12(5-2)6-3)13-9-7-8-10-13/h9,12,14-15H,4-8,10-11H2,1-3H3. The maximum absolute atomic E-state index is 3.74. The molecule has 0 radical (unpaired) electrons. The van der Waals surface area contributed by atoms with E-state index in [2.05, 4.69) is 32.2 Å². The lowest BCUT2D eigenvalue weighted by molar-refractivity contribution is 0.366. The van der Waals surface area contributed by atoms with E-state index in [4.69, 9.17) is 0 Å². The van der Waals surface area contributed by atoms with Gasteiger partial charge in [-0.3, -0.25) is 0 Å². The predicted octanol–water partition coefficient (Wildman–Crippen LogP) is 3.90. The molecule has 1 aliphatic rings. The molecule has 1 N–H and O–H groups in total. The van der Waals surface area contributed by atoms with E-state index in [0.29, 0.717) is 6.04 Å². The Kier molecular flexibility index (Phi) is 6.00. The van der Waals surface area contributed by atoms with Gasteiger partial charge in [0.15, 0.2) is 0 Å². The smallest absolute Gasteiger partial charge is 0.0307 e. The molecule has 15 heavy (non-hydrogen) atoms. The summed E-state index contributed by atoms with van der Waals surface area (Å²) in [6.45, 7) is 8.06. The highest BCUT2D eigenvalue weighted by atomic mass is 14.9. The van der Waals surface area contributed by atoms with Gasteiger partial charge in [-0.2, -0.15) is 0 Å². The molecular weight excluding hydrogens is 182 g/mol. The maximum atomic E-state index is 3.74. The molecule has 0 bridgehead atoms. The highest BCUT2D eigenvalue weighted by molar-refractivity contribution is 5.16. The summed E-state index contributed by atoms with van der Waals surface area (Å²) in [5, 5.41) is 3.74. The van der Waals surface area contributed by atoms with E-state index in [9.17, 15) is 0 Å². The van der Waals surface area contributed by atoms with Gasteiger partial charge < -0.3 is 5.32 Å². The van der Waals surface area contributed by atoms with E-state index in [1.807, 2.05) is 0 Å². The van der Waals surface area contributed by atoms with E-state index in [1.165, 1.54) is 45.1 Å². The molecule has 1 aliphatic carbocycles. The van der Waals surface area contributed by atoms with Crippen molar-refractivity contribution in [2.45, 2.75) is 65.3 Å². The average molecular weight is 209 g/mol. The molecule has 1 heteroatoms. The zero-order chi connectivity index (χ0) is 11.1. The molecule has 1 unspecified atom stereocenters. The summed E-state index contributed by atoms with van der Waals surface area (Å²) in [4.78, 5) is 0. The molecule has 0 aromatic carbocycles. The molecule has 0 saturated heterocycles. The largest absolute Gasteiger partial charge is 0.310 e. The predicted molar refractivity (Wildman–Crippen MR) is 68.1 cm³/mol. The first kappa shape index (κ1) is 12.8. The van der Waals surface area contributed by atoms with Gasteiger partial charge in [-0.25, -0.2) is 0 Å². The second-order valence-corrected chi connectivity index (χ2v) is 4.68. The van der Waals surface area contributed by atoms with E-state index in [1.54, 1.807) is 5.57 Å². The summed E-state index contributed by atoms with van der Waals surface area (Å²) in [7, 11) is 0. The quantitative estimate of drug-likeness (QED) is 0.627. The van der Waals surface area contributed by atoms with Crippen LogP contribution >= 0.6 is 0 Å². The van der Waals surface area contributed by atoms with Crippen LogP contribution in [0.5, 0.6) is 0 Å². The van der Waals surface area contributed by atoms with E-state index < -0.39 is 0 Å². The van der Waals surface area contributed by atoms with Crippen LogP contribution < -0.4 is 5.32 Å². The topological polar surface area (TPSA) is 12.0 Å². The van der Waals surface area contributed by atoms with E-state index in [0.717, 1.165) is 5.92 Å². The molecule has 1 rings (SSSR count). The van der Waals surface area contributed by atoms with Gasteiger partial charge in [0.1, 0.15) is 0 Å². The van der Waals surface area contributed by atoms with Crippen LogP contribution in [0.1, 0.15) is 59.3 Å². The van der Waals surface area contributed by atoms with E-state index >= 15 is 0 Å². The monoisotopic (exact) mass is 209 g/mol. The number of hydrogen-bond donors (Lipinski definition) is 1. The van der Waals surface area contributed by atoms with Crippen LogP contribution in [-0.4, -0.2) is 12.6 Å². The van der Waals surface area contributed by atoms with Crippen molar-refractivity contribution in [3.05, 3.63) is 11.6 Å². The number of hydrogen-bond acceptors (Lipinski definition) is 1. The van der Waals surface area contributed by atoms with Crippen LogP contribution in [-0.2, 0) is 0 Å². The zero-order valence-corrected chi connectivity index (χ0v) is 10.7. The third-order valence-corrected chi connectivity index (χ3v) is 3.61. The first-order valence-electron chi connectivity index (χ1n) is 6.75. The van der Waals surface area contributed by atoms with Gasteiger partial charge in [0.25, 0.3) is 0 Å². The van der Waals surface area contributed by atoms with Crippen LogP contribution in [0, 0.1) is 5.92 Å². The van der Waals surface area contributed by atoms with Crippen molar-refractivity contribution >= 4 is 0 Å². The fourth-order valence-corrected chi connectivity index (χ4v) is 2.64. The Morgan fingerprint density at radius 2 is 2.00 bits per heavy atom. The minimum atomic E-state index is 0.669. The lowest BCUT2D eigenvalue weighted by Gasteiger charge is -2.28. The summed E-state index contributed by atoms with van der Waals surface area (Å²) >= 11 is 0. The fraction of sp³-hybridized carbons (Fsp3) is 0.857. The molecule has 1 nitrogen and oxygen atoms in total. The molecule has 0 aromatic rings. The third-order valence-electron chi connectivity index (χ3n) is 3.61. The Morgan fingerprint density at radius 3 is 2.47 bits per heavy atom. The van der Waals surface area contributed by atoms with E-state index in [-0.39, 0.29) is 0 Å². The Bertz CT molecular complexity index is 192. The van der Waals surface area contributed by atoms with Gasteiger partial charge in [-0.15, -0.1) is 0 Å². The molecule has 88 valence electrons. The maximum Gasteiger partial charge on any atom is 0.0307 e. The highest BCUT2D eigenvalue weighted by Gasteiger charge is 2.22. The summed E-state index contributed by atoms with van der Waals surface area (Å²) in [5.41, 5.74) is 1.69. The van der Waals surface area contributed by atoms with Crippen LogP contribution in [0.15, 0.2) is 11.6 Å². The fourth-order valence-electron chi connectivity index (χ4n) is 2.64. The van der Waals surface area contributed by atoms with Crippen molar-refractivity contribution in [2.24, 2.45) is 5.92 Å². The summed E-state index contributed by atoms with van der Waals surface area (Å²) in [6, 6.07) is 0.669. The second-order valence-electron chi connectivity index (χ2n) is 4.68. The Hall–Kier alpha value is -0.300. The lowest BCUT2D eigenvalue weighted by atomic mass is 9.88. The summed E-state index contributed by atoms with van der Waals surface area (Å²) < 4.78 is 0. The third kappa shape index (κ3) is 3.64. The molecule has 0 aromatic heterocycles. The highest BCUT2D eigenvalue weighted by Crippen LogP contribution is 2.27. The molecule has 0 aliphatic heterocycles. The molecular formula is C14H27N. The minimum absolute atomic E-state index is 0.669. The van der Waals surface area contributed by atoms with Gasteiger partial charge in [-0.05, 0) is 38.1 Å². The number of rotatable bonds is 7. The second kappa shape index (κ2) is 7.05. The van der Waals surface area contributed by atoms with Crippen molar-refractivity contribution in [3.63, 3.8) is 0 Å². The SMILES string of the molecule is CCCNC(C1=CCCC1)C(CC)CC. The summed E-state index contributed by atoms with van der Waals surface area (Å²) in [6.07, 6.45) is 10.3. The first-order chi connectivity index (χ1) is 7.33. The zero-order valence-electron chi connectivity index (χ0n) is 10.7. The first-order valence-corrected chi connectivity index (χ1v) is 6.75. The van der Waals surface area contributed by atoms with Crippen LogP contribution in [0.2, 0.25) is 0 Å². The minimum Gasteiger partial charge on any atom is -0.310 e. The van der Waals surface area contributed by atoms with Crippen molar-refractivity contribution in [2.75, 3.05) is 6.54 Å².